The van der Waals surface area contributed by atoms with E-state index in [4.69, 9.17) is 5.11 Å². The summed E-state index contributed by atoms with van der Waals surface area (Å²) < 4.78 is 0. The van der Waals surface area contributed by atoms with E-state index in [0.717, 1.165) is 23.3 Å². The van der Waals surface area contributed by atoms with Crippen LogP contribution < -0.4 is 5.32 Å². The molecule has 0 aromatic heterocycles. The molecule has 0 aliphatic heterocycles. The van der Waals surface area contributed by atoms with E-state index in [1.54, 1.807) is 0 Å². The number of aryl methyl sites for hydroxylation is 1. The zero-order chi connectivity index (χ0) is 12.0. The van der Waals surface area contributed by atoms with Crippen molar-refractivity contribution in [2.75, 3.05) is 0 Å². The van der Waals surface area contributed by atoms with Gasteiger partial charge in [0.25, 0.3) is 0 Å². The molecule has 0 unspecified atom stereocenters. The van der Waals surface area contributed by atoms with Crippen molar-refractivity contribution in [2.24, 2.45) is 0 Å². The number of nitrogens with one attached hydrogen (secondary N) is 1. The molecule has 0 aliphatic carbocycles. The van der Waals surface area contributed by atoms with Gasteiger partial charge in [0.1, 0.15) is 0 Å². The highest BCUT2D eigenvalue weighted by atomic mass is 16.4. The number of benzene rings is 1. The summed E-state index contributed by atoms with van der Waals surface area (Å²) in [7, 11) is 0. The first-order valence-electron chi connectivity index (χ1n) is 4.83. The molecule has 0 radical (unpaired) electrons. The van der Waals surface area contributed by atoms with Crippen LogP contribution in [0.25, 0.3) is 0 Å². The van der Waals surface area contributed by atoms with Crippen molar-refractivity contribution in [2.45, 2.75) is 13.5 Å². The van der Waals surface area contributed by atoms with Crippen LogP contribution in [-0.4, -0.2) is 17.0 Å². The van der Waals surface area contributed by atoms with Gasteiger partial charge in [-0.2, -0.15) is 0 Å². The Kier molecular flexibility index (Phi) is 4.27. The van der Waals surface area contributed by atoms with Gasteiger partial charge >= 0.3 is 5.97 Å². The van der Waals surface area contributed by atoms with Gasteiger partial charge in [-0.15, -0.1) is 0 Å². The molecule has 4 heteroatoms. The number of hydrogen-bond acceptors (Lipinski definition) is 2. The molecule has 84 valence electrons. The summed E-state index contributed by atoms with van der Waals surface area (Å²) >= 11 is 0. The Labute approximate surface area is 93.6 Å². The maximum absolute atomic E-state index is 11.2. The van der Waals surface area contributed by atoms with Crippen LogP contribution in [-0.2, 0) is 16.1 Å². The lowest BCUT2D eigenvalue weighted by atomic mass is 10.1. The van der Waals surface area contributed by atoms with E-state index < -0.39 is 11.9 Å². The molecular formula is C12H13NO3. The average molecular weight is 219 g/mol. The lowest BCUT2D eigenvalue weighted by Gasteiger charge is -2.05. The molecular weight excluding hydrogens is 206 g/mol. The molecule has 0 saturated carbocycles. The molecule has 1 aromatic carbocycles. The number of carbonyl (C=O) groups is 2. The maximum Gasteiger partial charge on any atom is 0.328 e. The van der Waals surface area contributed by atoms with E-state index in [-0.39, 0.29) is 0 Å². The van der Waals surface area contributed by atoms with E-state index in [2.05, 4.69) is 5.32 Å². The average Bonchev–Trinajstić information content (AvgIpc) is 2.25. The predicted octanol–water partition coefficient (Wildman–Crippen LogP) is 1.25. The van der Waals surface area contributed by atoms with Crippen LogP contribution in [0.2, 0.25) is 0 Å². The SMILES string of the molecule is Cc1ccccc1CNC(=O)C=CC(=O)O. The van der Waals surface area contributed by atoms with Crippen molar-refractivity contribution in [1.29, 1.82) is 0 Å². The number of hydrogen-bond donors (Lipinski definition) is 2. The van der Waals surface area contributed by atoms with Crippen molar-refractivity contribution in [3.63, 3.8) is 0 Å². The third kappa shape index (κ3) is 3.96. The zero-order valence-corrected chi connectivity index (χ0v) is 8.93. The summed E-state index contributed by atoms with van der Waals surface area (Å²) in [5.41, 5.74) is 2.10. The molecule has 0 saturated heterocycles. The first-order chi connectivity index (χ1) is 7.59. The number of amides is 1. The molecule has 4 nitrogen and oxygen atoms in total. The number of aliphatic carboxylic acids is 1. The monoisotopic (exact) mass is 219 g/mol. The fraction of sp³-hybridized carbons (Fsp3) is 0.167. The topological polar surface area (TPSA) is 66.4 Å². The molecule has 0 bridgehead atoms. The predicted molar refractivity (Wildman–Crippen MR) is 59.8 cm³/mol. The summed E-state index contributed by atoms with van der Waals surface area (Å²) in [5.74, 6) is -1.54. The lowest BCUT2D eigenvalue weighted by molar-refractivity contribution is -0.131. The molecule has 0 fully saturated rings. The minimum atomic E-state index is -1.13. The molecule has 16 heavy (non-hydrogen) atoms. The lowest BCUT2D eigenvalue weighted by Crippen LogP contribution is -2.21. The van der Waals surface area contributed by atoms with Crippen LogP contribution in [0.15, 0.2) is 36.4 Å². The minimum Gasteiger partial charge on any atom is -0.478 e. The molecule has 0 spiro atoms. The second kappa shape index (κ2) is 5.70. The number of carboxylic acid groups (broad SMARTS) is 1. The van der Waals surface area contributed by atoms with Crippen LogP contribution >= 0.6 is 0 Å². The highest BCUT2D eigenvalue weighted by Crippen LogP contribution is 2.05. The fourth-order valence-corrected chi connectivity index (χ4v) is 1.20. The number of carboxylic acids is 1. The smallest absolute Gasteiger partial charge is 0.328 e. The van der Waals surface area contributed by atoms with E-state index in [0.29, 0.717) is 6.54 Å². The van der Waals surface area contributed by atoms with Gasteiger partial charge in [0.15, 0.2) is 0 Å². The van der Waals surface area contributed by atoms with Gasteiger partial charge in [0, 0.05) is 18.7 Å². The summed E-state index contributed by atoms with van der Waals surface area (Å²) in [5, 5.41) is 10.9. The maximum atomic E-state index is 11.2. The van der Waals surface area contributed by atoms with Crippen molar-refractivity contribution < 1.29 is 14.7 Å². The summed E-state index contributed by atoms with van der Waals surface area (Å²) in [6.45, 7) is 2.35. The molecule has 1 aromatic rings. The summed E-state index contributed by atoms with van der Waals surface area (Å²) in [4.78, 5) is 21.3. The fourth-order valence-electron chi connectivity index (χ4n) is 1.20. The van der Waals surface area contributed by atoms with Gasteiger partial charge < -0.3 is 10.4 Å². The third-order valence-electron chi connectivity index (χ3n) is 2.09. The quantitative estimate of drug-likeness (QED) is 0.749. The first-order valence-corrected chi connectivity index (χ1v) is 4.83. The van der Waals surface area contributed by atoms with E-state index in [9.17, 15) is 9.59 Å². The molecule has 0 atom stereocenters. The largest absolute Gasteiger partial charge is 0.478 e. The Morgan fingerprint density at radius 2 is 2.00 bits per heavy atom. The molecule has 0 aliphatic rings. The second-order valence-electron chi connectivity index (χ2n) is 3.32. The normalized spacial score (nSPS) is 10.3. The van der Waals surface area contributed by atoms with Crippen LogP contribution in [0.3, 0.4) is 0 Å². The Morgan fingerprint density at radius 3 is 2.62 bits per heavy atom. The van der Waals surface area contributed by atoms with Gasteiger partial charge in [-0.3, -0.25) is 4.79 Å². The van der Waals surface area contributed by atoms with E-state index in [1.165, 1.54) is 0 Å². The molecule has 2 N–H and O–H groups in total. The van der Waals surface area contributed by atoms with E-state index >= 15 is 0 Å². The molecule has 1 rings (SSSR count). The summed E-state index contributed by atoms with van der Waals surface area (Å²) in [6, 6.07) is 7.68. The molecule has 1 amide bonds. The first kappa shape index (κ1) is 12.0. The van der Waals surface area contributed by atoms with Gasteiger partial charge in [0.05, 0.1) is 0 Å². The van der Waals surface area contributed by atoms with Crippen LogP contribution in [0.1, 0.15) is 11.1 Å². The third-order valence-corrected chi connectivity index (χ3v) is 2.09. The van der Waals surface area contributed by atoms with Crippen LogP contribution in [0.4, 0.5) is 0 Å². The highest BCUT2D eigenvalue weighted by Gasteiger charge is 1.99. The van der Waals surface area contributed by atoms with Gasteiger partial charge in [-0.1, -0.05) is 24.3 Å². The summed E-state index contributed by atoms with van der Waals surface area (Å²) in [6.07, 6.45) is 1.81. The van der Waals surface area contributed by atoms with Gasteiger partial charge in [0.2, 0.25) is 5.91 Å². The number of carbonyl (C=O) groups excluding carboxylic acids is 1. The van der Waals surface area contributed by atoms with Crippen LogP contribution in [0, 0.1) is 6.92 Å². The van der Waals surface area contributed by atoms with Crippen molar-refractivity contribution >= 4 is 11.9 Å². The van der Waals surface area contributed by atoms with E-state index in [1.807, 2.05) is 31.2 Å². The van der Waals surface area contributed by atoms with Crippen molar-refractivity contribution in [1.82, 2.24) is 5.32 Å². The van der Waals surface area contributed by atoms with Crippen molar-refractivity contribution in [3.8, 4) is 0 Å². The Hall–Kier alpha value is -2.10. The van der Waals surface area contributed by atoms with Gasteiger partial charge in [-0.05, 0) is 18.1 Å². The number of rotatable bonds is 4. The standard InChI is InChI=1S/C12H13NO3/c1-9-4-2-3-5-10(9)8-13-11(14)6-7-12(15)16/h2-7H,8H2,1H3,(H,13,14)(H,15,16). The van der Waals surface area contributed by atoms with Crippen molar-refractivity contribution in [3.05, 3.63) is 47.5 Å². The Balaban J connectivity index is 2.49. The highest BCUT2D eigenvalue weighted by molar-refractivity contribution is 5.93. The Bertz CT molecular complexity index is 424. The zero-order valence-electron chi connectivity index (χ0n) is 8.93. The second-order valence-corrected chi connectivity index (χ2v) is 3.32. The van der Waals surface area contributed by atoms with Crippen LogP contribution in [0.5, 0.6) is 0 Å². The van der Waals surface area contributed by atoms with Gasteiger partial charge in [-0.25, -0.2) is 4.79 Å². The minimum absolute atomic E-state index is 0.398. The molecule has 0 heterocycles. The Morgan fingerprint density at radius 1 is 1.31 bits per heavy atom.